The molecule has 2 atom stereocenters. The molecule has 0 aromatic heterocycles. The van der Waals surface area contributed by atoms with E-state index >= 15 is 0 Å². The molecule has 1 heterocycles. The highest BCUT2D eigenvalue weighted by Crippen LogP contribution is 2.36. The number of benzene rings is 1. The van der Waals surface area contributed by atoms with Crippen molar-refractivity contribution in [1.82, 2.24) is 5.32 Å². The maximum atomic E-state index is 10.9. The molecule has 92 valence electrons. The first-order valence-corrected chi connectivity index (χ1v) is 6.91. The summed E-state index contributed by atoms with van der Waals surface area (Å²) < 4.78 is 0. The molecule has 2 rings (SSSR count). The molecule has 3 N–H and O–H groups in total. The molecule has 0 unspecified atom stereocenters. The molecule has 0 fully saturated rings. The Kier molecular flexibility index (Phi) is 4.07. The van der Waals surface area contributed by atoms with Crippen molar-refractivity contribution in [3.8, 4) is 0 Å². The van der Waals surface area contributed by atoms with Gasteiger partial charge in [0.2, 0.25) is 5.91 Å². The van der Waals surface area contributed by atoms with Crippen LogP contribution in [0.1, 0.15) is 31.4 Å². The van der Waals surface area contributed by atoms with Gasteiger partial charge in [0.1, 0.15) is 0 Å². The van der Waals surface area contributed by atoms with Crippen molar-refractivity contribution in [3.63, 3.8) is 0 Å². The molecule has 3 nitrogen and oxygen atoms in total. The second-order valence-electron chi connectivity index (χ2n) is 4.47. The fraction of sp³-hybridized carbons (Fsp3) is 0.462. The van der Waals surface area contributed by atoms with E-state index in [-0.39, 0.29) is 11.9 Å². The molecule has 0 spiro atoms. The number of fused-ring (bicyclic) bond motifs is 1. The lowest BCUT2D eigenvalue weighted by Crippen LogP contribution is -2.35. The number of primary amides is 1. The van der Waals surface area contributed by atoms with Crippen LogP contribution in [0.3, 0.4) is 0 Å². The Morgan fingerprint density at radius 1 is 1.59 bits per heavy atom. The van der Waals surface area contributed by atoms with Gasteiger partial charge in [-0.2, -0.15) is 0 Å². The molecule has 4 heteroatoms. The zero-order chi connectivity index (χ0) is 12.3. The predicted molar refractivity (Wildman–Crippen MR) is 70.9 cm³/mol. The van der Waals surface area contributed by atoms with Crippen LogP contribution >= 0.6 is 11.8 Å². The summed E-state index contributed by atoms with van der Waals surface area (Å²) in [6.07, 6.45) is 1.50. The largest absolute Gasteiger partial charge is 0.370 e. The Labute approximate surface area is 106 Å². The number of thioether (sulfide) groups is 1. The van der Waals surface area contributed by atoms with Gasteiger partial charge in [0.15, 0.2) is 0 Å². The first-order valence-electron chi connectivity index (χ1n) is 5.93. The van der Waals surface area contributed by atoms with E-state index in [2.05, 4.69) is 29.6 Å². The molecular formula is C13H18N2OS. The van der Waals surface area contributed by atoms with E-state index in [9.17, 15) is 4.79 Å². The summed E-state index contributed by atoms with van der Waals surface area (Å²) in [5.41, 5.74) is 6.56. The van der Waals surface area contributed by atoms with Crippen molar-refractivity contribution < 1.29 is 4.79 Å². The summed E-state index contributed by atoms with van der Waals surface area (Å²) in [6, 6.07) is 8.94. The smallest absolute Gasteiger partial charge is 0.218 e. The molecule has 1 aliphatic rings. The Bertz CT molecular complexity index is 408. The summed E-state index contributed by atoms with van der Waals surface area (Å²) in [5.74, 6) is 0.876. The maximum Gasteiger partial charge on any atom is 0.218 e. The Morgan fingerprint density at radius 3 is 3.12 bits per heavy atom. The number of carbonyl (C=O) groups excluding carboxylic acids is 1. The van der Waals surface area contributed by atoms with Crippen LogP contribution < -0.4 is 11.1 Å². The number of hydrogen-bond acceptors (Lipinski definition) is 3. The highest BCUT2D eigenvalue weighted by molar-refractivity contribution is 7.99. The fourth-order valence-corrected chi connectivity index (χ4v) is 3.34. The Morgan fingerprint density at radius 2 is 2.35 bits per heavy atom. The van der Waals surface area contributed by atoms with Crippen molar-refractivity contribution in [2.75, 3.05) is 5.75 Å². The van der Waals surface area contributed by atoms with Crippen molar-refractivity contribution in [1.29, 1.82) is 0 Å². The van der Waals surface area contributed by atoms with Crippen LogP contribution in [0, 0.1) is 0 Å². The molecule has 17 heavy (non-hydrogen) atoms. The summed E-state index contributed by atoms with van der Waals surface area (Å²) in [6.45, 7) is 2.01. The van der Waals surface area contributed by atoms with Crippen molar-refractivity contribution in [2.45, 2.75) is 36.7 Å². The van der Waals surface area contributed by atoms with Crippen LogP contribution in [0.4, 0.5) is 0 Å². The molecule has 0 bridgehead atoms. The summed E-state index contributed by atoms with van der Waals surface area (Å²) in [5, 5.41) is 3.49. The third kappa shape index (κ3) is 3.23. The van der Waals surface area contributed by atoms with Crippen LogP contribution in [0.15, 0.2) is 29.2 Å². The van der Waals surface area contributed by atoms with E-state index in [0.717, 1.165) is 12.2 Å². The number of amides is 1. The minimum absolute atomic E-state index is 0.133. The number of nitrogens with two attached hydrogens (primary N) is 1. The number of carbonyl (C=O) groups is 1. The number of rotatable bonds is 4. The van der Waals surface area contributed by atoms with Crippen molar-refractivity contribution in [2.24, 2.45) is 5.73 Å². The van der Waals surface area contributed by atoms with E-state index in [1.165, 1.54) is 10.5 Å². The highest BCUT2D eigenvalue weighted by Gasteiger charge is 2.21. The second kappa shape index (κ2) is 5.56. The lowest BCUT2D eigenvalue weighted by molar-refractivity contribution is -0.118. The average molecular weight is 250 g/mol. The van der Waals surface area contributed by atoms with Gasteiger partial charge in [-0.25, -0.2) is 0 Å². The Hall–Kier alpha value is -1.00. The maximum absolute atomic E-state index is 10.9. The Balaban J connectivity index is 2.05. The number of hydrogen-bond donors (Lipinski definition) is 2. The van der Waals surface area contributed by atoms with Gasteiger partial charge < -0.3 is 11.1 Å². The quantitative estimate of drug-likeness (QED) is 0.860. The molecule has 0 saturated heterocycles. The van der Waals surface area contributed by atoms with Crippen LogP contribution in [0.2, 0.25) is 0 Å². The van der Waals surface area contributed by atoms with E-state index < -0.39 is 0 Å². The van der Waals surface area contributed by atoms with Crippen molar-refractivity contribution in [3.05, 3.63) is 29.8 Å². The van der Waals surface area contributed by atoms with Gasteiger partial charge in [-0.3, -0.25) is 4.79 Å². The summed E-state index contributed by atoms with van der Waals surface area (Å²) in [7, 11) is 0. The highest BCUT2D eigenvalue weighted by atomic mass is 32.2. The average Bonchev–Trinajstić information content (AvgIpc) is 2.28. The number of nitrogens with one attached hydrogen (secondary N) is 1. The van der Waals surface area contributed by atoms with E-state index in [1.807, 2.05) is 18.7 Å². The van der Waals surface area contributed by atoms with E-state index in [0.29, 0.717) is 12.5 Å². The molecule has 0 radical (unpaired) electrons. The molecule has 1 amide bonds. The van der Waals surface area contributed by atoms with Crippen LogP contribution in [-0.4, -0.2) is 17.7 Å². The first-order chi connectivity index (χ1) is 8.16. The zero-order valence-corrected chi connectivity index (χ0v) is 10.8. The van der Waals surface area contributed by atoms with Crippen LogP contribution in [0.5, 0.6) is 0 Å². The molecule has 1 aromatic rings. The lowest BCUT2D eigenvalue weighted by atomic mass is 10.0. The van der Waals surface area contributed by atoms with Crippen LogP contribution in [-0.2, 0) is 4.79 Å². The SMILES string of the molecule is C[C@@H](CC(N)=O)N[C@@H]1CCSc2ccccc21. The van der Waals surface area contributed by atoms with Gasteiger partial charge in [0, 0.05) is 23.4 Å². The van der Waals surface area contributed by atoms with E-state index in [4.69, 9.17) is 5.73 Å². The zero-order valence-electron chi connectivity index (χ0n) is 9.98. The standard InChI is InChI=1S/C13H18N2OS/c1-9(8-13(14)16)15-11-6-7-17-12-5-3-2-4-10(11)12/h2-5,9,11,15H,6-8H2,1H3,(H2,14,16)/t9-,11+/m0/s1. The van der Waals surface area contributed by atoms with Crippen LogP contribution in [0.25, 0.3) is 0 Å². The third-order valence-corrected chi connectivity index (χ3v) is 4.07. The van der Waals surface area contributed by atoms with E-state index in [1.54, 1.807) is 0 Å². The topological polar surface area (TPSA) is 55.1 Å². The first kappa shape index (κ1) is 12.5. The van der Waals surface area contributed by atoms with Gasteiger partial charge in [0.05, 0.1) is 0 Å². The van der Waals surface area contributed by atoms with Gasteiger partial charge in [-0.15, -0.1) is 11.8 Å². The van der Waals surface area contributed by atoms with Gasteiger partial charge in [-0.1, -0.05) is 18.2 Å². The third-order valence-electron chi connectivity index (χ3n) is 2.95. The lowest BCUT2D eigenvalue weighted by Gasteiger charge is -2.28. The van der Waals surface area contributed by atoms with Crippen molar-refractivity contribution >= 4 is 17.7 Å². The normalized spacial score (nSPS) is 20.6. The fourth-order valence-electron chi connectivity index (χ4n) is 2.22. The predicted octanol–water partition coefficient (Wildman–Crippen LogP) is 2.08. The molecule has 0 saturated carbocycles. The van der Waals surface area contributed by atoms with Gasteiger partial charge in [-0.05, 0) is 30.7 Å². The molecule has 1 aromatic carbocycles. The summed E-state index contributed by atoms with van der Waals surface area (Å²) >= 11 is 1.90. The monoisotopic (exact) mass is 250 g/mol. The molecule has 0 aliphatic carbocycles. The molecule has 1 aliphatic heterocycles. The van der Waals surface area contributed by atoms with Gasteiger partial charge in [0.25, 0.3) is 0 Å². The second-order valence-corrected chi connectivity index (χ2v) is 5.60. The summed E-state index contributed by atoms with van der Waals surface area (Å²) in [4.78, 5) is 12.2. The minimum atomic E-state index is -0.247. The minimum Gasteiger partial charge on any atom is -0.370 e. The van der Waals surface area contributed by atoms with Gasteiger partial charge >= 0.3 is 0 Å². The molecular weight excluding hydrogens is 232 g/mol.